The summed E-state index contributed by atoms with van der Waals surface area (Å²) in [7, 11) is -6.85. The van der Waals surface area contributed by atoms with Crippen molar-refractivity contribution in [1.29, 1.82) is 0 Å². The third kappa shape index (κ3) is 4.32. The zero-order valence-corrected chi connectivity index (χ0v) is 15.4. The SMILES string of the molecule is CCCS(=O)(=O)N1CCc2ccc(S(=O)(=O)NC(C)C)cc2C1. The van der Waals surface area contributed by atoms with E-state index in [-0.39, 0.29) is 23.2 Å². The van der Waals surface area contributed by atoms with Crippen LogP contribution in [0, 0.1) is 0 Å². The number of sulfonamides is 2. The largest absolute Gasteiger partial charge is 0.240 e. The molecule has 2 rings (SSSR count). The molecule has 1 aliphatic rings. The molecule has 0 bridgehead atoms. The van der Waals surface area contributed by atoms with Gasteiger partial charge in [0.25, 0.3) is 0 Å². The van der Waals surface area contributed by atoms with E-state index >= 15 is 0 Å². The molecule has 0 spiro atoms. The van der Waals surface area contributed by atoms with Gasteiger partial charge >= 0.3 is 0 Å². The predicted octanol–water partition coefficient (Wildman–Crippen LogP) is 1.47. The summed E-state index contributed by atoms with van der Waals surface area (Å²) in [6.45, 7) is 6.04. The Morgan fingerprint density at radius 3 is 2.48 bits per heavy atom. The number of fused-ring (bicyclic) bond motifs is 1. The summed E-state index contributed by atoms with van der Waals surface area (Å²) >= 11 is 0. The van der Waals surface area contributed by atoms with Gasteiger partial charge in [-0.1, -0.05) is 13.0 Å². The Morgan fingerprint density at radius 2 is 1.87 bits per heavy atom. The van der Waals surface area contributed by atoms with Crippen molar-refractivity contribution in [2.24, 2.45) is 0 Å². The summed E-state index contributed by atoms with van der Waals surface area (Å²) in [4.78, 5) is 0.180. The van der Waals surface area contributed by atoms with Crippen LogP contribution in [0.2, 0.25) is 0 Å². The Balaban J connectivity index is 2.31. The molecule has 130 valence electrons. The second kappa shape index (κ2) is 6.88. The van der Waals surface area contributed by atoms with E-state index in [4.69, 9.17) is 0 Å². The van der Waals surface area contributed by atoms with Crippen LogP contribution in [0.5, 0.6) is 0 Å². The van der Waals surface area contributed by atoms with Crippen LogP contribution < -0.4 is 4.72 Å². The van der Waals surface area contributed by atoms with Gasteiger partial charge in [0.2, 0.25) is 20.0 Å². The van der Waals surface area contributed by atoms with Crippen LogP contribution in [0.15, 0.2) is 23.1 Å². The van der Waals surface area contributed by atoms with Gasteiger partial charge in [0, 0.05) is 19.1 Å². The van der Waals surface area contributed by atoms with Crippen molar-refractivity contribution in [3.05, 3.63) is 29.3 Å². The summed E-state index contributed by atoms with van der Waals surface area (Å²) < 4.78 is 53.0. The lowest BCUT2D eigenvalue weighted by Crippen LogP contribution is -2.37. The average Bonchev–Trinajstić information content (AvgIpc) is 2.44. The van der Waals surface area contributed by atoms with Crippen molar-refractivity contribution < 1.29 is 16.8 Å². The molecule has 1 N–H and O–H groups in total. The Morgan fingerprint density at radius 1 is 1.17 bits per heavy atom. The fourth-order valence-electron chi connectivity index (χ4n) is 2.68. The first-order chi connectivity index (χ1) is 10.7. The summed E-state index contributed by atoms with van der Waals surface area (Å²) in [6, 6.07) is 4.76. The maximum Gasteiger partial charge on any atom is 0.240 e. The zero-order chi connectivity index (χ0) is 17.3. The van der Waals surface area contributed by atoms with E-state index in [1.54, 1.807) is 32.0 Å². The minimum atomic E-state index is -3.57. The molecule has 0 aliphatic carbocycles. The van der Waals surface area contributed by atoms with Gasteiger partial charge in [0.15, 0.2) is 0 Å². The maximum atomic E-state index is 12.3. The van der Waals surface area contributed by atoms with Crippen molar-refractivity contribution in [3.63, 3.8) is 0 Å². The minimum absolute atomic E-state index is 0.120. The van der Waals surface area contributed by atoms with Crippen LogP contribution in [0.3, 0.4) is 0 Å². The first-order valence-electron chi connectivity index (χ1n) is 7.77. The lowest BCUT2D eigenvalue weighted by molar-refractivity contribution is 0.390. The van der Waals surface area contributed by atoms with Crippen LogP contribution in [-0.4, -0.2) is 39.5 Å². The molecule has 0 saturated carbocycles. The van der Waals surface area contributed by atoms with Crippen molar-refractivity contribution in [2.75, 3.05) is 12.3 Å². The predicted molar refractivity (Wildman–Crippen MR) is 90.1 cm³/mol. The topological polar surface area (TPSA) is 83.6 Å². The molecule has 0 aromatic heterocycles. The molecule has 1 heterocycles. The minimum Gasteiger partial charge on any atom is -0.212 e. The van der Waals surface area contributed by atoms with Crippen LogP contribution in [0.25, 0.3) is 0 Å². The highest BCUT2D eigenvalue weighted by atomic mass is 32.2. The molecule has 0 atom stereocenters. The lowest BCUT2D eigenvalue weighted by atomic mass is 10.0. The van der Waals surface area contributed by atoms with Gasteiger partial charge in [-0.15, -0.1) is 0 Å². The second-order valence-corrected chi connectivity index (χ2v) is 9.91. The number of benzene rings is 1. The Hall–Kier alpha value is -0.960. The fraction of sp³-hybridized carbons (Fsp3) is 0.600. The molecule has 1 aliphatic heterocycles. The molecular formula is C15H24N2O4S2. The highest BCUT2D eigenvalue weighted by Crippen LogP contribution is 2.24. The molecule has 1 aromatic rings. The number of nitrogens with zero attached hydrogens (tertiary/aromatic N) is 1. The summed E-state index contributed by atoms with van der Waals surface area (Å²) in [6.07, 6.45) is 1.18. The van der Waals surface area contributed by atoms with Gasteiger partial charge in [-0.3, -0.25) is 0 Å². The molecule has 0 amide bonds. The third-order valence-electron chi connectivity index (χ3n) is 3.71. The summed E-state index contributed by atoms with van der Waals surface area (Å²) in [5, 5.41) is 0. The van der Waals surface area contributed by atoms with Gasteiger partial charge in [-0.2, -0.15) is 4.31 Å². The van der Waals surface area contributed by atoms with E-state index in [1.165, 1.54) is 4.31 Å². The van der Waals surface area contributed by atoms with Gasteiger partial charge in [0.1, 0.15) is 0 Å². The molecule has 0 unspecified atom stereocenters. The smallest absolute Gasteiger partial charge is 0.212 e. The summed E-state index contributed by atoms with van der Waals surface area (Å²) in [5.41, 5.74) is 1.78. The molecule has 23 heavy (non-hydrogen) atoms. The van der Waals surface area contributed by atoms with E-state index < -0.39 is 20.0 Å². The van der Waals surface area contributed by atoms with Gasteiger partial charge < -0.3 is 0 Å². The molecule has 8 heteroatoms. The van der Waals surface area contributed by atoms with E-state index in [0.29, 0.717) is 19.4 Å². The Labute approximate surface area is 139 Å². The number of nitrogens with one attached hydrogen (secondary N) is 1. The second-order valence-electron chi connectivity index (χ2n) is 6.11. The van der Waals surface area contributed by atoms with Gasteiger partial charge in [0.05, 0.1) is 10.6 Å². The van der Waals surface area contributed by atoms with E-state index in [2.05, 4.69) is 4.72 Å². The van der Waals surface area contributed by atoms with Gasteiger partial charge in [-0.05, 0) is 49.9 Å². The monoisotopic (exact) mass is 360 g/mol. The maximum absolute atomic E-state index is 12.3. The molecule has 0 radical (unpaired) electrons. The zero-order valence-electron chi connectivity index (χ0n) is 13.7. The summed E-state index contributed by atoms with van der Waals surface area (Å²) in [5.74, 6) is 0.120. The van der Waals surface area contributed by atoms with Crippen LogP contribution >= 0.6 is 0 Å². The van der Waals surface area contributed by atoms with Crippen LogP contribution in [-0.2, 0) is 33.0 Å². The number of rotatable bonds is 6. The lowest BCUT2D eigenvalue weighted by Gasteiger charge is -2.28. The van der Waals surface area contributed by atoms with Crippen molar-refractivity contribution in [2.45, 2.75) is 51.1 Å². The van der Waals surface area contributed by atoms with E-state index in [0.717, 1.165) is 11.1 Å². The average molecular weight is 361 g/mol. The van der Waals surface area contributed by atoms with Crippen LogP contribution in [0.4, 0.5) is 0 Å². The van der Waals surface area contributed by atoms with Crippen LogP contribution in [0.1, 0.15) is 38.3 Å². The van der Waals surface area contributed by atoms with Gasteiger partial charge in [-0.25, -0.2) is 21.6 Å². The first kappa shape index (κ1) is 18.4. The van der Waals surface area contributed by atoms with E-state index in [1.807, 2.05) is 6.92 Å². The standard InChI is InChI=1S/C15H24N2O4S2/c1-4-9-22(18,19)17-8-7-13-5-6-15(10-14(13)11-17)23(20,21)16-12(2)3/h5-6,10,12,16H,4,7-9,11H2,1-3H3. The quantitative estimate of drug-likeness (QED) is 0.833. The number of hydrogen-bond donors (Lipinski definition) is 1. The Kier molecular flexibility index (Phi) is 5.50. The molecule has 0 fully saturated rings. The van der Waals surface area contributed by atoms with E-state index in [9.17, 15) is 16.8 Å². The molecule has 0 saturated heterocycles. The Bertz CT molecular complexity index is 771. The number of hydrogen-bond acceptors (Lipinski definition) is 4. The first-order valence-corrected chi connectivity index (χ1v) is 10.9. The fourth-order valence-corrected chi connectivity index (χ4v) is 5.46. The van der Waals surface area contributed by atoms with Crippen molar-refractivity contribution >= 4 is 20.0 Å². The highest BCUT2D eigenvalue weighted by Gasteiger charge is 2.27. The normalized spacial score (nSPS) is 16.5. The molecule has 1 aromatic carbocycles. The van der Waals surface area contributed by atoms with Crippen molar-refractivity contribution in [3.8, 4) is 0 Å². The molecule has 6 nitrogen and oxygen atoms in total. The third-order valence-corrected chi connectivity index (χ3v) is 7.39. The molecular weight excluding hydrogens is 336 g/mol. The highest BCUT2D eigenvalue weighted by molar-refractivity contribution is 7.89. The van der Waals surface area contributed by atoms with Crippen molar-refractivity contribution in [1.82, 2.24) is 9.03 Å².